The molecule has 0 spiro atoms. The highest BCUT2D eigenvalue weighted by Gasteiger charge is 2.16. The molecule has 4 heteroatoms. The molecule has 90 valence electrons. The molecule has 3 nitrogen and oxygen atoms in total. The van der Waals surface area contributed by atoms with Gasteiger partial charge >= 0.3 is 0 Å². The zero-order valence-corrected chi connectivity index (χ0v) is 9.53. The van der Waals surface area contributed by atoms with Crippen molar-refractivity contribution in [1.29, 1.82) is 0 Å². The van der Waals surface area contributed by atoms with Gasteiger partial charge in [-0.2, -0.15) is 0 Å². The molecule has 0 aromatic heterocycles. The highest BCUT2D eigenvalue weighted by Crippen LogP contribution is 2.15. The maximum absolute atomic E-state index is 12.9. The first-order chi connectivity index (χ1) is 8.10. The molecular formula is C13H15FN2O. The van der Waals surface area contributed by atoms with E-state index in [0.717, 1.165) is 6.07 Å². The number of carbonyl (C=O) groups excluding carboxylic acids is 1. The second-order valence-electron chi connectivity index (χ2n) is 3.52. The van der Waals surface area contributed by atoms with E-state index in [1.54, 1.807) is 12.2 Å². The van der Waals surface area contributed by atoms with Gasteiger partial charge in [-0.05, 0) is 18.2 Å². The van der Waals surface area contributed by atoms with Gasteiger partial charge in [0.2, 0.25) is 0 Å². The lowest BCUT2D eigenvalue weighted by Gasteiger charge is -2.20. The molecule has 1 aromatic rings. The molecule has 0 heterocycles. The van der Waals surface area contributed by atoms with Gasteiger partial charge in [-0.15, -0.1) is 13.2 Å². The van der Waals surface area contributed by atoms with E-state index in [2.05, 4.69) is 13.2 Å². The van der Waals surface area contributed by atoms with Crippen LogP contribution in [0.5, 0.6) is 0 Å². The Bertz CT molecular complexity index is 433. The molecule has 17 heavy (non-hydrogen) atoms. The maximum Gasteiger partial charge on any atom is 0.256 e. The summed E-state index contributed by atoms with van der Waals surface area (Å²) in [5, 5.41) is 0. The van der Waals surface area contributed by atoms with Crippen molar-refractivity contribution in [3.05, 3.63) is 54.9 Å². The average Bonchev–Trinajstić information content (AvgIpc) is 2.28. The lowest BCUT2D eigenvalue weighted by atomic mass is 10.1. The van der Waals surface area contributed by atoms with Crippen LogP contribution in [0.3, 0.4) is 0 Å². The molecule has 0 aliphatic heterocycles. The van der Waals surface area contributed by atoms with Gasteiger partial charge in [-0.1, -0.05) is 12.2 Å². The average molecular weight is 234 g/mol. The molecule has 0 unspecified atom stereocenters. The van der Waals surface area contributed by atoms with Crippen molar-refractivity contribution in [2.75, 3.05) is 18.8 Å². The third-order valence-electron chi connectivity index (χ3n) is 2.23. The number of benzene rings is 1. The van der Waals surface area contributed by atoms with Crippen LogP contribution in [0.2, 0.25) is 0 Å². The Morgan fingerprint density at radius 1 is 1.35 bits per heavy atom. The van der Waals surface area contributed by atoms with Crippen molar-refractivity contribution in [1.82, 2.24) is 4.90 Å². The van der Waals surface area contributed by atoms with Gasteiger partial charge in [0.15, 0.2) is 0 Å². The molecule has 0 aliphatic rings. The Kier molecular flexibility index (Phi) is 4.46. The van der Waals surface area contributed by atoms with E-state index in [9.17, 15) is 9.18 Å². The topological polar surface area (TPSA) is 46.3 Å². The minimum atomic E-state index is -0.460. The van der Waals surface area contributed by atoms with Gasteiger partial charge in [0.1, 0.15) is 5.82 Å². The zero-order chi connectivity index (χ0) is 12.8. The van der Waals surface area contributed by atoms with Crippen molar-refractivity contribution in [3.63, 3.8) is 0 Å². The number of halogens is 1. The Labute approximate surface area is 100 Å². The second kappa shape index (κ2) is 5.84. The fraction of sp³-hybridized carbons (Fsp3) is 0.154. The SMILES string of the molecule is C=CCN(CC=C)C(=O)c1ccc(F)cc1N. The number of hydrogen-bond donors (Lipinski definition) is 1. The Hall–Kier alpha value is -2.10. The quantitative estimate of drug-likeness (QED) is 0.627. The van der Waals surface area contributed by atoms with Crippen LogP contribution < -0.4 is 5.73 Å². The van der Waals surface area contributed by atoms with Crippen molar-refractivity contribution in [3.8, 4) is 0 Å². The molecule has 0 radical (unpaired) electrons. The molecule has 0 bridgehead atoms. The summed E-state index contributed by atoms with van der Waals surface area (Å²) in [4.78, 5) is 13.6. The van der Waals surface area contributed by atoms with E-state index in [1.807, 2.05) is 0 Å². The summed E-state index contributed by atoms with van der Waals surface area (Å²) >= 11 is 0. The van der Waals surface area contributed by atoms with Crippen molar-refractivity contribution < 1.29 is 9.18 Å². The Morgan fingerprint density at radius 2 is 1.94 bits per heavy atom. The molecule has 1 rings (SSSR count). The molecule has 1 amide bonds. The molecule has 0 aliphatic carbocycles. The third kappa shape index (κ3) is 3.17. The smallest absolute Gasteiger partial charge is 0.256 e. The summed E-state index contributed by atoms with van der Waals surface area (Å²) < 4.78 is 12.9. The van der Waals surface area contributed by atoms with Gasteiger partial charge in [-0.3, -0.25) is 4.79 Å². The molecule has 0 fully saturated rings. The minimum absolute atomic E-state index is 0.133. The number of carbonyl (C=O) groups is 1. The first kappa shape index (κ1) is 13.0. The third-order valence-corrected chi connectivity index (χ3v) is 2.23. The van der Waals surface area contributed by atoms with E-state index in [-0.39, 0.29) is 17.2 Å². The summed E-state index contributed by atoms with van der Waals surface area (Å²) in [5.74, 6) is -0.722. The fourth-order valence-electron chi connectivity index (χ4n) is 1.45. The minimum Gasteiger partial charge on any atom is -0.398 e. The van der Waals surface area contributed by atoms with Crippen LogP contribution in [0.25, 0.3) is 0 Å². The largest absolute Gasteiger partial charge is 0.398 e. The van der Waals surface area contributed by atoms with E-state index < -0.39 is 5.82 Å². The predicted molar refractivity (Wildman–Crippen MR) is 67.1 cm³/mol. The summed E-state index contributed by atoms with van der Waals surface area (Å²) in [6, 6.07) is 3.73. The van der Waals surface area contributed by atoms with E-state index in [0.29, 0.717) is 13.1 Å². The first-order valence-electron chi connectivity index (χ1n) is 5.16. The lowest BCUT2D eigenvalue weighted by Crippen LogP contribution is -2.31. The molecular weight excluding hydrogens is 219 g/mol. The zero-order valence-electron chi connectivity index (χ0n) is 9.53. The van der Waals surface area contributed by atoms with Crippen LogP contribution in [-0.2, 0) is 0 Å². The van der Waals surface area contributed by atoms with Crippen molar-refractivity contribution in [2.24, 2.45) is 0 Å². The number of nitrogen functional groups attached to an aromatic ring is 1. The van der Waals surface area contributed by atoms with Crippen LogP contribution in [0.1, 0.15) is 10.4 Å². The monoisotopic (exact) mass is 234 g/mol. The Morgan fingerprint density at radius 3 is 2.41 bits per heavy atom. The van der Waals surface area contributed by atoms with E-state index >= 15 is 0 Å². The lowest BCUT2D eigenvalue weighted by molar-refractivity contribution is 0.0792. The van der Waals surface area contributed by atoms with E-state index in [4.69, 9.17) is 5.73 Å². The van der Waals surface area contributed by atoms with Gasteiger partial charge in [-0.25, -0.2) is 4.39 Å². The standard InChI is InChI=1S/C13H15FN2O/c1-3-7-16(8-4-2)13(17)11-6-5-10(14)9-12(11)15/h3-6,9H,1-2,7-8,15H2. The summed E-state index contributed by atoms with van der Waals surface area (Å²) in [6.45, 7) is 7.93. The van der Waals surface area contributed by atoms with Crippen LogP contribution in [0, 0.1) is 5.82 Å². The maximum atomic E-state index is 12.9. The Balaban J connectivity index is 2.99. The van der Waals surface area contributed by atoms with Gasteiger partial charge in [0, 0.05) is 18.8 Å². The van der Waals surface area contributed by atoms with Crippen LogP contribution in [0.4, 0.5) is 10.1 Å². The summed E-state index contributed by atoms with van der Waals surface area (Å²) in [5.41, 5.74) is 6.03. The molecule has 0 saturated heterocycles. The first-order valence-corrected chi connectivity index (χ1v) is 5.16. The predicted octanol–water partition coefficient (Wildman–Crippen LogP) is 2.22. The van der Waals surface area contributed by atoms with Crippen molar-refractivity contribution >= 4 is 11.6 Å². The van der Waals surface area contributed by atoms with Gasteiger partial charge in [0.25, 0.3) is 5.91 Å². The molecule has 0 atom stereocenters. The number of hydrogen-bond acceptors (Lipinski definition) is 2. The van der Waals surface area contributed by atoms with Crippen molar-refractivity contribution in [2.45, 2.75) is 0 Å². The number of amides is 1. The van der Waals surface area contributed by atoms with Crippen LogP contribution >= 0.6 is 0 Å². The molecule has 1 aromatic carbocycles. The number of nitrogens with two attached hydrogens (primary N) is 1. The molecule has 2 N–H and O–H groups in total. The fourth-order valence-corrected chi connectivity index (χ4v) is 1.45. The highest BCUT2D eigenvalue weighted by atomic mass is 19.1. The highest BCUT2D eigenvalue weighted by molar-refractivity contribution is 5.99. The number of nitrogens with zero attached hydrogens (tertiary/aromatic N) is 1. The van der Waals surface area contributed by atoms with Gasteiger partial charge in [0.05, 0.1) is 5.56 Å². The van der Waals surface area contributed by atoms with E-state index in [1.165, 1.54) is 17.0 Å². The van der Waals surface area contributed by atoms with Gasteiger partial charge < -0.3 is 10.6 Å². The second-order valence-corrected chi connectivity index (χ2v) is 3.52. The molecule has 0 saturated carbocycles. The summed E-state index contributed by atoms with van der Waals surface area (Å²) in [7, 11) is 0. The van der Waals surface area contributed by atoms with Crippen LogP contribution in [0.15, 0.2) is 43.5 Å². The number of anilines is 1. The van der Waals surface area contributed by atoms with Crippen LogP contribution in [-0.4, -0.2) is 23.9 Å². The normalized spacial score (nSPS) is 9.71. The number of rotatable bonds is 5. The summed E-state index contributed by atoms with van der Waals surface area (Å²) in [6.07, 6.45) is 3.22.